The van der Waals surface area contributed by atoms with E-state index in [0.717, 1.165) is 36.1 Å². The average Bonchev–Trinajstić information content (AvgIpc) is 3.12. The van der Waals surface area contributed by atoms with E-state index in [1.165, 1.54) is 10.3 Å². The van der Waals surface area contributed by atoms with Gasteiger partial charge in [-0.2, -0.15) is 8.42 Å². The lowest BCUT2D eigenvalue weighted by Crippen LogP contribution is -2.59. The molecule has 3 heterocycles. The molecule has 5 rings (SSSR count). The molecule has 2 aliphatic heterocycles. The molecule has 1 aromatic carbocycles. The van der Waals surface area contributed by atoms with Gasteiger partial charge in [0.1, 0.15) is 15.7 Å². The maximum atomic E-state index is 14.0. The van der Waals surface area contributed by atoms with Gasteiger partial charge in [-0.05, 0) is 35.9 Å². The number of piperidine rings is 1. The summed E-state index contributed by atoms with van der Waals surface area (Å²) in [6, 6.07) is 0.989. The van der Waals surface area contributed by atoms with Crippen molar-refractivity contribution in [3.05, 3.63) is 46.1 Å². The van der Waals surface area contributed by atoms with Gasteiger partial charge in [-0.3, -0.25) is 9.59 Å². The minimum absolute atomic E-state index is 0.0180. The predicted octanol–water partition coefficient (Wildman–Crippen LogP) is 2.90. The van der Waals surface area contributed by atoms with Crippen LogP contribution in [0.2, 0.25) is 0 Å². The Balaban J connectivity index is 1.51. The number of ketones is 1. The van der Waals surface area contributed by atoms with Gasteiger partial charge in [-0.25, -0.2) is 26.3 Å². The van der Waals surface area contributed by atoms with E-state index in [2.05, 4.69) is 14.4 Å². The second-order valence-corrected chi connectivity index (χ2v) is 14.3. The highest BCUT2D eigenvalue weighted by atomic mass is 32.2. The SMILES string of the molecule is CS(=O)(=O)NCc1csc2c1S(=O)(=O)N=C(C1C(=O)[C@@H]3CCCCC[C@@H]3N(Cc3cc(F)c(F)c(F)c3)C1=O)N2. The molecule has 16 heteroatoms. The number of thiophene rings is 1. The summed E-state index contributed by atoms with van der Waals surface area (Å²) in [7, 11) is -8.05. The number of Topliss-reactive ketones (excluding diaryl/α,β-unsaturated/α-hetero) is 1. The Morgan fingerprint density at radius 2 is 1.80 bits per heavy atom. The molecular weight excluding hydrogens is 593 g/mol. The normalized spacial score (nSPS) is 24.6. The third-order valence-electron chi connectivity index (χ3n) is 7.29. The Hall–Kier alpha value is -2.82. The van der Waals surface area contributed by atoms with Crippen molar-refractivity contribution in [3.8, 4) is 0 Å². The van der Waals surface area contributed by atoms with Crippen molar-refractivity contribution in [1.82, 2.24) is 9.62 Å². The molecule has 0 radical (unpaired) electrons. The van der Waals surface area contributed by atoms with Gasteiger partial charge in [0.25, 0.3) is 10.0 Å². The Bertz CT molecular complexity index is 1620. The molecule has 1 unspecified atom stereocenters. The van der Waals surface area contributed by atoms with E-state index in [1.54, 1.807) is 0 Å². The molecular formula is C24H25F3N4O6S3. The number of benzene rings is 1. The van der Waals surface area contributed by atoms with Crippen LogP contribution < -0.4 is 10.0 Å². The van der Waals surface area contributed by atoms with Crippen LogP contribution in [0.1, 0.15) is 43.2 Å². The number of nitrogens with one attached hydrogen (secondary N) is 2. The van der Waals surface area contributed by atoms with E-state index in [4.69, 9.17) is 0 Å². The molecule has 2 N–H and O–H groups in total. The number of rotatable bonds is 6. The maximum absolute atomic E-state index is 14.0. The van der Waals surface area contributed by atoms with E-state index in [0.29, 0.717) is 25.7 Å². The van der Waals surface area contributed by atoms with Crippen molar-refractivity contribution in [2.75, 3.05) is 11.6 Å². The fourth-order valence-electron chi connectivity index (χ4n) is 5.52. The predicted molar refractivity (Wildman–Crippen MR) is 140 cm³/mol. The molecule has 2 fully saturated rings. The van der Waals surface area contributed by atoms with E-state index < -0.39 is 72.9 Å². The zero-order valence-corrected chi connectivity index (χ0v) is 23.6. The standard InChI is InChI=1S/C24H25F3N4O6S3/c1-39(34,35)28-9-13-11-38-23-21(13)40(36,37)30-22(29-23)18-20(32)14-5-3-2-4-6-17(14)31(24(18)33)10-12-7-15(25)19(27)16(26)8-12/h7-8,11,14,17-18,28H,2-6,9-10H2,1H3,(H,29,30)/t14-,17+,18?/m1/s1. The van der Waals surface area contributed by atoms with Gasteiger partial charge in [0.05, 0.1) is 6.26 Å². The van der Waals surface area contributed by atoms with E-state index >= 15 is 0 Å². The monoisotopic (exact) mass is 618 g/mol. The average molecular weight is 619 g/mol. The van der Waals surface area contributed by atoms with Crippen molar-refractivity contribution in [3.63, 3.8) is 0 Å². The van der Waals surface area contributed by atoms with Gasteiger partial charge in [-0.1, -0.05) is 19.3 Å². The third-order valence-corrected chi connectivity index (χ3v) is 10.5. The molecule has 1 saturated carbocycles. The van der Waals surface area contributed by atoms with Crippen LogP contribution >= 0.6 is 11.3 Å². The molecule has 1 aliphatic carbocycles. The first-order valence-electron chi connectivity index (χ1n) is 12.4. The topological polar surface area (TPSA) is 142 Å². The van der Waals surface area contributed by atoms with E-state index in [9.17, 15) is 39.6 Å². The van der Waals surface area contributed by atoms with Crippen molar-refractivity contribution in [2.45, 2.75) is 56.1 Å². The number of hydrogen-bond acceptors (Lipinski definition) is 8. The summed E-state index contributed by atoms with van der Waals surface area (Å²) in [5, 5.41) is 4.31. The number of hydrogen-bond donors (Lipinski definition) is 2. The summed E-state index contributed by atoms with van der Waals surface area (Å²) >= 11 is 0.948. The minimum Gasteiger partial charge on any atom is -0.334 e. The zero-order valence-electron chi connectivity index (χ0n) is 21.1. The number of fused-ring (bicyclic) bond motifs is 2. The first-order valence-corrected chi connectivity index (χ1v) is 16.6. The van der Waals surface area contributed by atoms with E-state index in [-0.39, 0.29) is 34.1 Å². The molecule has 1 saturated heterocycles. The second kappa shape index (κ2) is 10.5. The van der Waals surface area contributed by atoms with Gasteiger partial charge >= 0.3 is 0 Å². The van der Waals surface area contributed by atoms with Crippen LogP contribution in [0.3, 0.4) is 0 Å². The van der Waals surface area contributed by atoms with Crippen LogP contribution in [0, 0.1) is 29.3 Å². The molecule has 2 aromatic rings. The fourth-order valence-corrected chi connectivity index (χ4v) is 8.59. The summed E-state index contributed by atoms with van der Waals surface area (Å²) in [6.45, 7) is -0.621. The summed E-state index contributed by atoms with van der Waals surface area (Å²) < 4.78 is 96.9. The largest absolute Gasteiger partial charge is 0.334 e. The fraction of sp³-hybridized carbons (Fsp3) is 0.458. The number of likely N-dealkylation sites (tertiary alicyclic amines) is 1. The quantitative estimate of drug-likeness (QED) is 0.375. The summed E-state index contributed by atoms with van der Waals surface area (Å²) in [5.41, 5.74) is 0.128. The van der Waals surface area contributed by atoms with Gasteiger partial charge in [-0.15, -0.1) is 15.7 Å². The first-order chi connectivity index (χ1) is 18.8. The van der Waals surface area contributed by atoms with Gasteiger partial charge < -0.3 is 10.2 Å². The zero-order chi connectivity index (χ0) is 29.0. The number of carbonyl (C=O) groups is 2. The highest BCUT2D eigenvalue weighted by Gasteiger charge is 2.51. The second-order valence-electron chi connectivity index (χ2n) is 10.1. The number of anilines is 1. The molecule has 40 heavy (non-hydrogen) atoms. The Labute approximate surface area is 232 Å². The smallest absolute Gasteiger partial charge is 0.287 e. The van der Waals surface area contributed by atoms with Gasteiger partial charge in [0, 0.05) is 30.6 Å². The summed E-state index contributed by atoms with van der Waals surface area (Å²) in [6.07, 6.45) is 4.04. The number of carbonyl (C=O) groups excluding carboxylic acids is 2. The molecule has 1 amide bonds. The Kier molecular flexibility index (Phi) is 7.56. The lowest BCUT2D eigenvalue weighted by atomic mass is 9.77. The maximum Gasteiger partial charge on any atom is 0.287 e. The van der Waals surface area contributed by atoms with Gasteiger partial charge in [0.2, 0.25) is 15.9 Å². The summed E-state index contributed by atoms with van der Waals surface area (Å²) in [5.74, 6) is -8.41. The van der Waals surface area contributed by atoms with Crippen LogP contribution in [0.25, 0.3) is 0 Å². The van der Waals surface area contributed by atoms with Crippen molar-refractivity contribution in [2.24, 2.45) is 16.2 Å². The first kappa shape index (κ1) is 28.7. The molecule has 3 atom stereocenters. The molecule has 0 bridgehead atoms. The van der Waals surface area contributed by atoms with Crippen LogP contribution in [0.5, 0.6) is 0 Å². The Morgan fingerprint density at radius 1 is 1.12 bits per heavy atom. The van der Waals surface area contributed by atoms with Crippen molar-refractivity contribution >= 4 is 53.9 Å². The van der Waals surface area contributed by atoms with E-state index in [1.807, 2.05) is 0 Å². The minimum atomic E-state index is -4.43. The van der Waals surface area contributed by atoms with Crippen molar-refractivity contribution < 1.29 is 39.6 Å². The number of amidine groups is 1. The van der Waals surface area contributed by atoms with Crippen molar-refractivity contribution in [1.29, 1.82) is 0 Å². The van der Waals surface area contributed by atoms with Crippen LogP contribution in [-0.4, -0.2) is 51.6 Å². The molecule has 10 nitrogen and oxygen atoms in total. The molecule has 1 aromatic heterocycles. The van der Waals surface area contributed by atoms with Crippen LogP contribution in [0.4, 0.5) is 18.2 Å². The number of nitrogens with zero attached hydrogens (tertiary/aromatic N) is 2. The molecule has 0 spiro atoms. The molecule has 216 valence electrons. The number of halogens is 3. The lowest BCUT2D eigenvalue weighted by Gasteiger charge is -2.43. The summed E-state index contributed by atoms with van der Waals surface area (Å²) in [4.78, 5) is 28.6. The van der Waals surface area contributed by atoms with Gasteiger partial charge in [0.15, 0.2) is 29.2 Å². The van der Waals surface area contributed by atoms with Crippen LogP contribution in [0.15, 0.2) is 26.8 Å². The number of amides is 1. The Morgan fingerprint density at radius 3 is 2.48 bits per heavy atom. The highest BCUT2D eigenvalue weighted by Crippen LogP contribution is 2.41. The van der Waals surface area contributed by atoms with Crippen LogP contribution in [-0.2, 0) is 42.7 Å². The third kappa shape index (κ3) is 5.41. The number of sulfonamides is 2. The molecule has 3 aliphatic rings. The lowest BCUT2D eigenvalue weighted by molar-refractivity contribution is -0.151. The highest BCUT2D eigenvalue weighted by molar-refractivity contribution is 7.91.